The summed E-state index contributed by atoms with van der Waals surface area (Å²) in [6.07, 6.45) is 1.49. The third kappa shape index (κ3) is 3.39. The number of oxazole rings is 1. The van der Waals surface area contributed by atoms with Gasteiger partial charge in [0.2, 0.25) is 0 Å². The Kier molecular flexibility index (Phi) is 4.79. The van der Waals surface area contributed by atoms with E-state index in [2.05, 4.69) is 37.1 Å². The highest BCUT2D eigenvalue weighted by atomic mass is 16.5. The molecule has 0 spiro atoms. The van der Waals surface area contributed by atoms with E-state index in [1.165, 1.54) is 12.0 Å². The summed E-state index contributed by atoms with van der Waals surface area (Å²) in [7, 11) is 1.67. The molecule has 1 heterocycles. The molecule has 0 bridgehead atoms. The van der Waals surface area contributed by atoms with Gasteiger partial charge in [-0.25, -0.2) is 4.98 Å². The SMILES string of the molecule is COc1ccc(C)cc1-c1ocnc1CNCC(C)C. The Morgan fingerprint density at radius 3 is 2.85 bits per heavy atom. The van der Waals surface area contributed by atoms with Crippen molar-refractivity contribution in [3.8, 4) is 17.1 Å². The van der Waals surface area contributed by atoms with Crippen molar-refractivity contribution in [2.45, 2.75) is 27.3 Å². The van der Waals surface area contributed by atoms with E-state index in [4.69, 9.17) is 9.15 Å². The topological polar surface area (TPSA) is 47.3 Å². The van der Waals surface area contributed by atoms with Gasteiger partial charge < -0.3 is 14.5 Å². The smallest absolute Gasteiger partial charge is 0.181 e. The molecule has 1 N–H and O–H groups in total. The standard InChI is InChI=1S/C16H22N2O2/c1-11(2)8-17-9-14-16(20-10-18-14)13-7-12(3)5-6-15(13)19-4/h5-7,10-11,17H,8-9H2,1-4H3. The van der Waals surface area contributed by atoms with E-state index in [9.17, 15) is 0 Å². The maximum absolute atomic E-state index is 5.57. The normalized spacial score (nSPS) is 11.1. The second-order valence-corrected chi connectivity index (χ2v) is 5.36. The number of hydrogen-bond acceptors (Lipinski definition) is 4. The van der Waals surface area contributed by atoms with Crippen molar-refractivity contribution in [2.75, 3.05) is 13.7 Å². The predicted molar refractivity (Wildman–Crippen MR) is 79.8 cm³/mol. The van der Waals surface area contributed by atoms with Crippen LogP contribution in [0.2, 0.25) is 0 Å². The maximum atomic E-state index is 5.57. The molecule has 0 aliphatic heterocycles. The number of methoxy groups -OCH3 is 1. The number of aryl methyl sites for hydroxylation is 1. The molecule has 4 heteroatoms. The minimum Gasteiger partial charge on any atom is -0.496 e. The van der Waals surface area contributed by atoms with Crippen molar-refractivity contribution < 1.29 is 9.15 Å². The first-order valence-corrected chi connectivity index (χ1v) is 6.90. The molecule has 0 saturated heterocycles. The molecule has 0 aliphatic carbocycles. The first-order chi connectivity index (χ1) is 9.61. The van der Waals surface area contributed by atoms with Gasteiger partial charge in [0.1, 0.15) is 11.4 Å². The van der Waals surface area contributed by atoms with E-state index in [1.54, 1.807) is 7.11 Å². The molecule has 0 unspecified atom stereocenters. The molecule has 2 rings (SSSR count). The highest BCUT2D eigenvalue weighted by molar-refractivity contribution is 5.68. The summed E-state index contributed by atoms with van der Waals surface area (Å²) in [6, 6.07) is 6.04. The van der Waals surface area contributed by atoms with Crippen LogP contribution in [0.3, 0.4) is 0 Å². The molecule has 1 aromatic heterocycles. The fourth-order valence-electron chi connectivity index (χ4n) is 2.09. The van der Waals surface area contributed by atoms with Crippen LogP contribution in [-0.4, -0.2) is 18.6 Å². The summed E-state index contributed by atoms with van der Waals surface area (Å²) in [5.41, 5.74) is 3.03. The lowest BCUT2D eigenvalue weighted by molar-refractivity contribution is 0.414. The first kappa shape index (κ1) is 14.6. The van der Waals surface area contributed by atoms with Crippen LogP contribution in [0.15, 0.2) is 29.0 Å². The summed E-state index contributed by atoms with van der Waals surface area (Å²) in [5, 5.41) is 3.39. The molecule has 0 atom stereocenters. The Morgan fingerprint density at radius 2 is 2.15 bits per heavy atom. The highest BCUT2D eigenvalue weighted by Gasteiger charge is 2.15. The Balaban J connectivity index is 2.25. The lowest BCUT2D eigenvalue weighted by Gasteiger charge is -2.10. The number of aromatic nitrogens is 1. The number of hydrogen-bond donors (Lipinski definition) is 1. The van der Waals surface area contributed by atoms with Crippen molar-refractivity contribution >= 4 is 0 Å². The Labute approximate surface area is 120 Å². The summed E-state index contributed by atoms with van der Waals surface area (Å²) in [5.74, 6) is 2.19. The number of ether oxygens (including phenoxy) is 1. The van der Waals surface area contributed by atoms with Gasteiger partial charge in [0, 0.05) is 6.54 Å². The van der Waals surface area contributed by atoms with Gasteiger partial charge in [-0.3, -0.25) is 0 Å². The lowest BCUT2D eigenvalue weighted by Crippen LogP contribution is -2.19. The van der Waals surface area contributed by atoms with E-state index < -0.39 is 0 Å². The van der Waals surface area contributed by atoms with Crippen LogP contribution in [0.25, 0.3) is 11.3 Å². The van der Waals surface area contributed by atoms with Crippen LogP contribution >= 0.6 is 0 Å². The molecule has 20 heavy (non-hydrogen) atoms. The summed E-state index contributed by atoms with van der Waals surface area (Å²) in [6.45, 7) is 8.06. The largest absolute Gasteiger partial charge is 0.496 e. The van der Waals surface area contributed by atoms with Crippen LogP contribution in [-0.2, 0) is 6.54 Å². The quantitative estimate of drug-likeness (QED) is 0.877. The second kappa shape index (κ2) is 6.57. The van der Waals surface area contributed by atoms with E-state index in [1.807, 2.05) is 12.1 Å². The van der Waals surface area contributed by atoms with Crippen LogP contribution in [0.4, 0.5) is 0 Å². The fourth-order valence-corrected chi connectivity index (χ4v) is 2.09. The van der Waals surface area contributed by atoms with Crippen LogP contribution in [0, 0.1) is 12.8 Å². The van der Waals surface area contributed by atoms with E-state index in [0.717, 1.165) is 29.3 Å². The van der Waals surface area contributed by atoms with Gasteiger partial charge in [0.25, 0.3) is 0 Å². The molecule has 0 saturated carbocycles. The third-order valence-electron chi connectivity index (χ3n) is 3.09. The molecule has 4 nitrogen and oxygen atoms in total. The molecule has 1 aromatic carbocycles. The van der Waals surface area contributed by atoms with Crippen molar-refractivity contribution in [3.05, 3.63) is 35.9 Å². The van der Waals surface area contributed by atoms with Gasteiger partial charge >= 0.3 is 0 Å². The van der Waals surface area contributed by atoms with E-state index in [0.29, 0.717) is 12.5 Å². The Hall–Kier alpha value is -1.81. The fraction of sp³-hybridized carbons (Fsp3) is 0.438. The molecule has 0 amide bonds. The first-order valence-electron chi connectivity index (χ1n) is 6.90. The van der Waals surface area contributed by atoms with Crippen LogP contribution < -0.4 is 10.1 Å². The maximum Gasteiger partial charge on any atom is 0.181 e. The third-order valence-corrected chi connectivity index (χ3v) is 3.09. The minimum absolute atomic E-state index is 0.610. The average molecular weight is 274 g/mol. The molecular weight excluding hydrogens is 252 g/mol. The van der Waals surface area contributed by atoms with Gasteiger partial charge in [0.05, 0.1) is 12.7 Å². The van der Waals surface area contributed by atoms with Gasteiger partial charge in [-0.2, -0.15) is 0 Å². The average Bonchev–Trinajstić information content (AvgIpc) is 2.86. The number of nitrogens with zero attached hydrogens (tertiary/aromatic N) is 1. The summed E-state index contributed by atoms with van der Waals surface area (Å²) in [4.78, 5) is 4.31. The van der Waals surface area contributed by atoms with E-state index in [-0.39, 0.29) is 0 Å². The van der Waals surface area contributed by atoms with Crippen molar-refractivity contribution in [2.24, 2.45) is 5.92 Å². The van der Waals surface area contributed by atoms with E-state index >= 15 is 0 Å². The lowest BCUT2D eigenvalue weighted by atomic mass is 10.1. The molecule has 108 valence electrons. The zero-order valence-electron chi connectivity index (χ0n) is 12.6. The Morgan fingerprint density at radius 1 is 1.35 bits per heavy atom. The number of nitrogens with one attached hydrogen (secondary N) is 1. The van der Waals surface area contributed by atoms with Crippen LogP contribution in [0.5, 0.6) is 5.75 Å². The van der Waals surface area contributed by atoms with Crippen molar-refractivity contribution in [1.29, 1.82) is 0 Å². The highest BCUT2D eigenvalue weighted by Crippen LogP contribution is 2.32. The summed E-state index contributed by atoms with van der Waals surface area (Å²) >= 11 is 0. The van der Waals surface area contributed by atoms with Gasteiger partial charge in [-0.05, 0) is 31.5 Å². The van der Waals surface area contributed by atoms with Crippen LogP contribution in [0.1, 0.15) is 25.1 Å². The van der Waals surface area contributed by atoms with Crippen molar-refractivity contribution in [1.82, 2.24) is 10.3 Å². The molecule has 0 radical (unpaired) electrons. The van der Waals surface area contributed by atoms with Gasteiger partial charge in [0.15, 0.2) is 12.2 Å². The Bertz CT molecular complexity index is 561. The summed E-state index contributed by atoms with van der Waals surface area (Å²) < 4.78 is 11.0. The van der Waals surface area contributed by atoms with Crippen molar-refractivity contribution in [3.63, 3.8) is 0 Å². The molecule has 0 fully saturated rings. The van der Waals surface area contributed by atoms with Gasteiger partial charge in [-0.15, -0.1) is 0 Å². The number of rotatable bonds is 6. The molecule has 0 aliphatic rings. The van der Waals surface area contributed by atoms with Gasteiger partial charge in [-0.1, -0.05) is 25.5 Å². The predicted octanol–water partition coefficient (Wildman–Crippen LogP) is 3.40. The zero-order chi connectivity index (χ0) is 14.5. The second-order valence-electron chi connectivity index (χ2n) is 5.36. The molecular formula is C16H22N2O2. The monoisotopic (exact) mass is 274 g/mol. The molecule has 2 aromatic rings. The number of benzene rings is 1. The zero-order valence-corrected chi connectivity index (χ0v) is 12.6. The minimum atomic E-state index is 0.610.